The molecule has 0 aliphatic heterocycles. The summed E-state index contributed by atoms with van der Waals surface area (Å²) in [6, 6.07) is 7.42. The molecule has 0 saturated heterocycles. The molecule has 4 nitrogen and oxygen atoms in total. The molecule has 0 spiro atoms. The largest absolute Gasteiger partial charge is 0.383 e. The van der Waals surface area contributed by atoms with E-state index in [4.69, 9.17) is 5.73 Å². The lowest BCUT2D eigenvalue weighted by atomic mass is 10.0. The Morgan fingerprint density at radius 2 is 1.88 bits per heavy atom. The Balaban J connectivity index is 2.50. The maximum atomic E-state index is 11.2. The van der Waals surface area contributed by atoms with Crippen molar-refractivity contribution in [1.29, 1.82) is 0 Å². The van der Waals surface area contributed by atoms with Gasteiger partial charge in [-0.15, -0.1) is 0 Å². The molecule has 0 aliphatic rings. The Kier molecular flexibility index (Phi) is 2.71. The number of rotatable bonds is 2. The van der Waals surface area contributed by atoms with Crippen LogP contribution in [-0.4, -0.2) is 15.6 Å². The minimum atomic E-state index is 0.0624. The van der Waals surface area contributed by atoms with Gasteiger partial charge in [0.2, 0.25) is 0 Å². The quantitative estimate of drug-likeness (QED) is 0.803. The first-order chi connectivity index (χ1) is 8.00. The van der Waals surface area contributed by atoms with Crippen molar-refractivity contribution in [2.75, 3.05) is 5.73 Å². The number of carbonyl (C=O) groups is 1. The zero-order valence-corrected chi connectivity index (χ0v) is 10.2. The summed E-state index contributed by atoms with van der Waals surface area (Å²) in [5.41, 5.74) is 9.48. The van der Waals surface area contributed by atoms with Gasteiger partial charge in [-0.1, -0.05) is 24.3 Å². The minimum absolute atomic E-state index is 0.0624. The lowest BCUT2D eigenvalue weighted by Gasteiger charge is -2.03. The summed E-state index contributed by atoms with van der Waals surface area (Å²) in [6.07, 6.45) is 0. The van der Waals surface area contributed by atoms with Crippen LogP contribution in [0.1, 0.15) is 23.0 Å². The topological polar surface area (TPSA) is 60.9 Å². The van der Waals surface area contributed by atoms with E-state index in [1.54, 1.807) is 11.6 Å². The lowest BCUT2D eigenvalue weighted by molar-refractivity contribution is 0.101. The number of carbonyl (C=O) groups excluding carboxylic acids is 1. The summed E-state index contributed by atoms with van der Waals surface area (Å²) in [4.78, 5) is 11.2. The highest BCUT2D eigenvalue weighted by Crippen LogP contribution is 2.28. The number of anilines is 1. The first kappa shape index (κ1) is 11.4. The SMILES string of the molecule is CC(=O)c1ccc(-c2c(C)nn(C)c2N)cc1. The van der Waals surface area contributed by atoms with E-state index >= 15 is 0 Å². The Bertz CT molecular complexity index is 567. The molecule has 0 unspecified atom stereocenters. The molecule has 0 saturated carbocycles. The second-order valence-electron chi connectivity index (χ2n) is 4.10. The van der Waals surface area contributed by atoms with Crippen LogP contribution in [0.25, 0.3) is 11.1 Å². The first-order valence-corrected chi connectivity index (χ1v) is 5.41. The standard InChI is InChI=1S/C13H15N3O/c1-8-12(13(14)16(3)15-8)11-6-4-10(5-7-11)9(2)17/h4-7H,14H2,1-3H3. The number of Topliss-reactive ketones (excluding diaryl/α,β-unsaturated/α-hetero) is 1. The van der Waals surface area contributed by atoms with E-state index < -0.39 is 0 Å². The molecular weight excluding hydrogens is 214 g/mol. The van der Waals surface area contributed by atoms with Gasteiger partial charge in [-0.2, -0.15) is 5.10 Å². The van der Waals surface area contributed by atoms with Crippen LogP contribution < -0.4 is 5.73 Å². The molecule has 1 heterocycles. The van der Waals surface area contributed by atoms with Crippen molar-refractivity contribution in [2.45, 2.75) is 13.8 Å². The fourth-order valence-corrected chi connectivity index (χ4v) is 1.90. The number of ketones is 1. The predicted octanol–water partition coefficient (Wildman–Crippen LogP) is 2.18. The number of nitrogen functional groups attached to an aromatic ring is 1. The van der Waals surface area contributed by atoms with Crippen LogP contribution in [0.3, 0.4) is 0 Å². The van der Waals surface area contributed by atoms with Gasteiger partial charge in [-0.25, -0.2) is 0 Å². The van der Waals surface area contributed by atoms with Crippen LogP contribution in [0.5, 0.6) is 0 Å². The molecule has 0 radical (unpaired) electrons. The van der Waals surface area contributed by atoms with E-state index in [2.05, 4.69) is 5.10 Å². The van der Waals surface area contributed by atoms with Crippen LogP contribution in [0, 0.1) is 6.92 Å². The molecule has 4 heteroatoms. The van der Waals surface area contributed by atoms with E-state index in [0.717, 1.165) is 16.8 Å². The molecule has 2 N–H and O–H groups in total. The zero-order chi connectivity index (χ0) is 12.6. The average molecular weight is 229 g/mol. The summed E-state index contributed by atoms with van der Waals surface area (Å²) in [7, 11) is 1.82. The fourth-order valence-electron chi connectivity index (χ4n) is 1.90. The van der Waals surface area contributed by atoms with Gasteiger partial charge >= 0.3 is 0 Å². The summed E-state index contributed by atoms with van der Waals surface area (Å²) >= 11 is 0. The van der Waals surface area contributed by atoms with E-state index in [9.17, 15) is 4.79 Å². The predicted molar refractivity (Wildman–Crippen MR) is 67.8 cm³/mol. The maximum Gasteiger partial charge on any atom is 0.159 e. The van der Waals surface area contributed by atoms with Crippen molar-refractivity contribution < 1.29 is 4.79 Å². The number of nitrogens with zero attached hydrogens (tertiary/aromatic N) is 2. The van der Waals surface area contributed by atoms with Crippen molar-refractivity contribution in [1.82, 2.24) is 9.78 Å². The summed E-state index contributed by atoms with van der Waals surface area (Å²) in [5.74, 6) is 0.700. The second kappa shape index (κ2) is 4.05. The zero-order valence-electron chi connectivity index (χ0n) is 10.2. The highest BCUT2D eigenvalue weighted by atomic mass is 16.1. The highest BCUT2D eigenvalue weighted by molar-refractivity contribution is 5.94. The van der Waals surface area contributed by atoms with Gasteiger partial charge in [0.25, 0.3) is 0 Å². The van der Waals surface area contributed by atoms with Crippen molar-refractivity contribution >= 4 is 11.6 Å². The normalized spacial score (nSPS) is 10.5. The Morgan fingerprint density at radius 1 is 1.29 bits per heavy atom. The van der Waals surface area contributed by atoms with Crippen LogP contribution >= 0.6 is 0 Å². The molecule has 17 heavy (non-hydrogen) atoms. The van der Waals surface area contributed by atoms with Crippen LogP contribution in [0.4, 0.5) is 5.82 Å². The number of aryl methyl sites for hydroxylation is 2. The highest BCUT2D eigenvalue weighted by Gasteiger charge is 2.12. The van der Waals surface area contributed by atoms with Gasteiger partial charge in [0.05, 0.1) is 5.69 Å². The van der Waals surface area contributed by atoms with Crippen molar-refractivity contribution in [3.8, 4) is 11.1 Å². The first-order valence-electron chi connectivity index (χ1n) is 5.41. The Hall–Kier alpha value is -2.10. The number of nitrogens with two attached hydrogens (primary N) is 1. The lowest BCUT2D eigenvalue weighted by Crippen LogP contribution is -1.98. The van der Waals surface area contributed by atoms with Crippen LogP contribution in [-0.2, 0) is 7.05 Å². The van der Waals surface area contributed by atoms with Gasteiger partial charge in [0.1, 0.15) is 5.82 Å². The number of aromatic nitrogens is 2. The number of benzene rings is 1. The van der Waals surface area contributed by atoms with E-state index in [0.29, 0.717) is 11.4 Å². The molecule has 0 atom stereocenters. The third-order valence-corrected chi connectivity index (χ3v) is 2.85. The van der Waals surface area contributed by atoms with Gasteiger partial charge in [0, 0.05) is 18.2 Å². The molecule has 1 aromatic heterocycles. The van der Waals surface area contributed by atoms with Crippen molar-refractivity contribution in [3.05, 3.63) is 35.5 Å². The van der Waals surface area contributed by atoms with Crippen LogP contribution in [0.2, 0.25) is 0 Å². The molecule has 2 rings (SSSR count). The summed E-state index contributed by atoms with van der Waals surface area (Å²) in [5, 5.41) is 4.27. The van der Waals surface area contributed by atoms with Crippen molar-refractivity contribution in [3.63, 3.8) is 0 Å². The fraction of sp³-hybridized carbons (Fsp3) is 0.231. The molecule has 0 amide bonds. The number of hydrogen-bond acceptors (Lipinski definition) is 3. The summed E-state index contributed by atoms with van der Waals surface area (Å²) < 4.78 is 1.66. The maximum absolute atomic E-state index is 11.2. The minimum Gasteiger partial charge on any atom is -0.383 e. The molecule has 0 fully saturated rings. The average Bonchev–Trinajstić information content (AvgIpc) is 2.53. The van der Waals surface area contributed by atoms with Crippen LogP contribution in [0.15, 0.2) is 24.3 Å². The van der Waals surface area contributed by atoms with Gasteiger partial charge in [-0.3, -0.25) is 9.48 Å². The van der Waals surface area contributed by atoms with Gasteiger partial charge in [0.15, 0.2) is 5.78 Å². The summed E-state index contributed by atoms with van der Waals surface area (Å²) in [6.45, 7) is 3.48. The van der Waals surface area contributed by atoms with E-state index in [1.165, 1.54) is 0 Å². The van der Waals surface area contributed by atoms with Gasteiger partial charge < -0.3 is 5.73 Å². The third kappa shape index (κ3) is 1.93. The molecular formula is C13H15N3O. The molecule has 88 valence electrons. The Labute approximate surface area is 100 Å². The second-order valence-corrected chi connectivity index (χ2v) is 4.10. The van der Waals surface area contributed by atoms with Crippen molar-refractivity contribution in [2.24, 2.45) is 7.05 Å². The molecule has 1 aromatic carbocycles. The van der Waals surface area contributed by atoms with E-state index in [-0.39, 0.29) is 5.78 Å². The molecule has 2 aromatic rings. The molecule has 0 aliphatic carbocycles. The molecule has 0 bridgehead atoms. The number of hydrogen-bond donors (Lipinski definition) is 1. The third-order valence-electron chi connectivity index (χ3n) is 2.85. The monoisotopic (exact) mass is 229 g/mol. The van der Waals surface area contributed by atoms with Gasteiger partial charge in [-0.05, 0) is 19.4 Å². The Morgan fingerprint density at radius 3 is 2.29 bits per heavy atom. The smallest absolute Gasteiger partial charge is 0.159 e. The van der Waals surface area contributed by atoms with E-state index in [1.807, 2.05) is 38.2 Å².